The smallest absolute Gasteiger partial charge is 0.308 e. The molecular formula is C29H42O3. The van der Waals surface area contributed by atoms with Gasteiger partial charge in [0.1, 0.15) is 17.1 Å². The fourth-order valence-corrected chi connectivity index (χ4v) is 4.20. The van der Waals surface area contributed by atoms with Crippen LogP contribution in [0.5, 0.6) is 11.5 Å². The summed E-state index contributed by atoms with van der Waals surface area (Å²) in [5.41, 5.74) is 6.36. The molecular weight excluding hydrogens is 396 g/mol. The summed E-state index contributed by atoms with van der Waals surface area (Å²) in [5, 5.41) is 0. The van der Waals surface area contributed by atoms with Gasteiger partial charge in [0.25, 0.3) is 0 Å². The number of aryl methyl sites for hydroxylation is 2. The highest BCUT2D eigenvalue weighted by Gasteiger charge is 2.32. The Bertz CT molecular complexity index is 884. The van der Waals surface area contributed by atoms with Crippen LogP contribution < -0.4 is 9.47 Å². The summed E-state index contributed by atoms with van der Waals surface area (Å²) in [7, 11) is 0. The second kappa shape index (κ2) is 12.1. The predicted octanol–water partition coefficient (Wildman–Crippen LogP) is 8.20. The number of carbonyl (C=O) groups excluding carboxylic acids is 1. The summed E-state index contributed by atoms with van der Waals surface area (Å²) in [6.45, 7) is 14.5. The number of carbonyl (C=O) groups is 1. The summed E-state index contributed by atoms with van der Waals surface area (Å²) in [5.74, 6) is 1.28. The van der Waals surface area contributed by atoms with E-state index in [2.05, 4.69) is 52.8 Å². The third kappa shape index (κ3) is 8.68. The molecule has 0 bridgehead atoms. The molecule has 1 atom stereocenters. The SMILES string of the molecule is CC(=O)Oc1cc(C)c2c(c1)CCC(C)(CCC=C(C)CCC=C(C)CCC=C(C)C)O2. The maximum atomic E-state index is 11.3. The van der Waals surface area contributed by atoms with Crippen molar-refractivity contribution in [2.24, 2.45) is 0 Å². The molecule has 1 unspecified atom stereocenters. The van der Waals surface area contributed by atoms with E-state index in [1.807, 2.05) is 19.1 Å². The molecule has 0 fully saturated rings. The molecule has 1 aromatic rings. The second-order valence-corrected chi connectivity index (χ2v) is 9.87. The van der Waals surface area contributed by atoms with E-state index in [1.165, 1.54) is 23.6 Å². The molecule has 0 spiro atoms. The van der Waals surface area contributed by atoms with Crippen LogP contribution in [0.1, 0.15) is 97.6 Å². The highest BCUT2D eigenvalue weighted by molar-refractivity contribution is 5.69. The van der Waals surface area contributed by atoms with Crippen LogP contribution in [0.25, 0.3) is 0 Å². The van der Waals surface area contributed by atoms with E-state index < -0.39 is 0 Å². The van der Waals surface area contributed by atoms with Gasteiger partial charge in [-0.2, -0.15) is 0 Å². The minimum atomic E-state index is -0.289. The van der Waals surface area contributed by atoms with Crippen molar-refractivity contribution in [2.75, 3.05) is 0 Å². The summed E-state index contributed by atoms with van der Waals surface area (Å²) in [6, 6.07) is 3.84. The third-order valence-corrected chi connectivity index (χ3v) is 6.15. The van der Waals surface area contributed by atoms with Crippen LogP contribution in [0.3, 0.4) is 0 Å². The minimum Gasteiger partial charge on any atom is -0.487 e. The Morgan fingerprint density at radius 1 is 1.00 bits per heavy atom. The van der Waals surface area contributed by atoms with Crippen LogP contribution in [0.15, 0.2) is 47.1 Å². The molecule has 0 saturated heterocycles. The maximum absolute atomic E-state index is 11.3. The zero-order valence-electron chi connectivity index (χ0n) is 21.3. The largest absolute Gasteiger partial charge is 0.487 e. The van der Waals surface area contributed by atoms with Gasteiger partial charge in [-0.3, -0.25) is 4.79 Å². The molecule has 32 heavy (non-hydrogen) atoms. The van der Waals surface area contributed by atoms with Crippen molar-refractivity contribution in [3.8, 4) is 11.5 Å². The molecule has 0 aromatic heterocycles. The van der Waals surface area contributed by atoms with Gasteiger partial charge in [-0.25, -0.2) is 0 Å². The summed E-state index contributed by atoms with van der Waals surface area (Å²) >= 11 is 0. The van der Waals surface area contributed by atoms with E-state index in [0.29, 0.717) is 5.75 Å². The van der Waals surface area contributed by atoms with Crippen molar-refractivity contribution in [3.63, 3.8) is 0 Å². The first-order chi connectivity index (χ1) is 15.1. The van der Waals surface area contributed by atoms with Gasteiger partial charge in [0, 0.05) is 6.92 Å². The van der Waals surface area contributed by atoms with Crippen LogP contribution in [-0.4, -0.2) is 11.6 Å². The van der Waals surface area contributed by atoms with E-state index >= 15 is 0 Å². The van der Waals surface area contributed by atoms with Crippen molar-refractivity contribution in [1.29, 1.82) is 0 Å². The van der Waals surface area contributed by atoms with Gasteiger partial charge in [0.2, 0.25) is 0 Å². The van der Waals surface area contributed by atoms with Gasteiger partial charge < -0.3 is 9.47 Å². The number of ether oxygens (including phenoxy) is 2. The summed E-state index contributed by atoms with van der Waals surface area (Å²) in [6.07, 6.45) is 15.6. The van der Waals surface area contributed by atoms with Gasteiger partial charge in [-0.1, -0.05) is 34.9 Å². The van der Waals surface area contributed by atoms with E-state index in [9.17, 15) is 4.79 Å². The molecule has 2 rings (SSSR count). The highest BCUT2D eigenvalue weighted by atomic mass is 16.5. The molecule has 0 N–H and O–H groups in total. The molecule has 1 aliphatic heterocycles. The molecule has 0 radical (unpaired) electrons. The van der Waals surface area contributed by atoms with E-state index in [0.717, 1.165) is 68.2 Å². The first-order valence-corrected chi connectivity index (χ1v) is 12.0. The van der Waals surface area contributed by atoms with Crippen LogP contribution in [0, 0.1) is 6.92 Å². The zero-order valence-corrected chi connectivity index (χ0v) is 21.3. The quantitative estimate of drug-likeness (QED) is 0.210. The monoisotopic (exact) mass is 438 g/mol. The molecule has 176 valence electrons. The van der Waals surface area contributed by atoms with Gasteiger partial charge in [0.05, 0.1) is 0 Å². The van der Waals surface area contributed by atoms with Crippen molar-refractivity contribution in [3.05, 3.63) is 58.2 Å². The Morgan fingerprint density at radius 2 is 1.62 bits per heavy atom. The number of benzene rings is 1. The Morgan fingerprint density at radius 3 is 2.25 bits per heavy atom. The molecule has 3 heteroatoms. The summed E-state index contributed by atoms with van der Waals surface area (Å²) in [4.78, 5) is 11.3. The molecule has 3 nitrogen and oxygen atoms in total. The number of esters is 1. The zero-order chi connectivity index (χ0) is 23.7. The Kier molecular flexibility index (Phi) is 9.81. The molecule has 0 aliphatic carbocycles. The minimum absolute atomic E-state index is 0.154. The van der Waals surface area contributed by atoms with Gasteiger partial charge in [-0.05, 0) is 116 Å². The lowest BCUT2D eigenvalue weighted by Crippen LogP contribution is -2.36. The standard InChI is InChI=1S/C29H42O3/c1-21(2)11-8-12-22(3)13-9-14-23(4)15-10-17-29(7)18-16-26-20-27(31-25(6)30)19-24(5)28(26)32-29/h11,13,15,19-20H,8-10,12,14,16-18H2,1-7H3. The number of fused-ring (bicyclic) bond motifs is 1. The van der Waals surface area contributed by atoms with E-state index in [-0.39, 0.29) is 11.6 Å². The normalized spacial score (nSPS) is 18.6. The first-order valence-electron chi connectivity index (χ1n) is 12.0. The molecule has 1 aromatic carbocycles. The fraction of sp³-hybridized carbons (Fsp3) is 0.552. The average molecular weight is 439 g/mol. The van der Waals surface area contributed by atoms with Crippen LogP contribution in [-0.2, 0) is 11.2 Å². The second-order valence-electron chi connectivity index (χ2n) is 9.87. The van der Waals surface area contributed by atoms with Crippen molar-refractivity contribution >= 4 is 5.97 Å². The van der Waals surface area contributed by atoms with Gasteiger partial charge in [-0.15, -0.1) is 0 Å². The number of hydrogen-bond donors (Lipinski definition) is 0. The fourth-order valence-electron chi connectivity index (χ4n) is 4.20. The predicted molar refractivity (Wildman–Crippen MR) is 134 cm³/mol. The van der Waals surface area contributed by atoms with Crippen molar-refractivity contribution in [1.82, 2.24) is 0 Å². The Hall–Kier alpha value is -2.29. The number of allylic oxidation sites excluding steroid dienone is 6. The lowest BCUT2D eigenvalue weighted by atomic mass is 9.87. The molecule has 0 amide bonds. The van der Waals surface area contributed by atoms with Gasteiger partial charge in [0.15, 0.2) is 0 Å². The molecule has 0 saturated carbocycles. The maximum Gasteiger partial charge on any atom is 0.308 e. The lowest BCUT2D eigenvalue weighted by Gasteiger charge is -2.37. The van der Waals surface area contributed by atoms with E-state index in [4.69, 9.17) is 9.47 Å². The number of rotatable bonds is 10. The molecule has 1 aliphatic rings. The van der Waals surface area contributed by atoms with Crippen LogP contribution in [0.4, 0.5) is 0 Å². The average Bonchev–Trinajstić information content (AvgIpc) is 2.68. The topological polar surface area (TPSA) is 35.5 Å². The summed E-state index contributed by atoms with van der Waals surface area (Å²) < 4.78 is 11.7. The highest BCUT2D eigenvalue weighted by Crippen LogP contribution is 2.40. The van der Waals surface area contributed by atoms with E-state index in [1.54, 1.807) is 0 Å². The third-order valence-electron chi connectivity index (χ3n) is 6.15. The first kappa shape index (κ1) is 26.0. The van der Waals surface area contributed by atoms with Crippen molar-refractivity contribution < 1.29 is 14.3 Å². The molecule has 1 heterocycles. The van der Waals surface area contributed by atoms with Crippen LogP contribution >= 0.6 is 0 Å². The Labute approximate surface area is 195 Å². The number of hydrogen-bond acceptors (Lipinski definition) is 3. The van der Waals surface area contributed by atoms with Crippen LogP contribution in [0.2, 0.25) is 0 Å². The lowest BCUT2D eigenvalue weighted by molar-refractivity contribution is -0.131. The van der Waals surface area contributed by atoms with Gasteiger partial charge >= 0.3 is 5.97 Å². The van der Waals surface area contributed by atoms with Crippen molar-refractivity contribution in [2.45, 2.75) is 105 Å². The Balaban J connectivity index is 1.84.